The topological polar surface area (TPSA) is 54.0 Å². The highest BCUT2D eigenvalue weighted by molar-refractivity contribution is 7.09. The van der Waals surface area contributed by atoms with Crippen molar-refractivity contribution in [1.82, 2.24) is 15.6 Å². The van der Waals surface area contributed by atoms with Gasteiger partial charge in [-0.05, 0) is 44.0 Å². The summed E-state index contributed by atoms with van der Waals surface area (Å²) in [5.41, 5.74) is 1.15. The average molecular weight is 325 g/mol. The van der Waals surface area contributed by atoms with Gasteiger partial charge in [0.15, 0.2) is 0 Å². The van der Waals surface area contributed by atoms with E-state index in [1.54, 1.807) is 0 Å². The maximum atomic E-state index is 13.4. The van der Waals surface area contributed by atoms with E-state index in [0.717, 1.165) is 28.9 Å². The van der Waals surface area contributed by atoms with Crippen LogP contribution in [0.15, 0.2) is 23.6 Å². The molecule has 0 aliphatic rings. The van der Waals surface area contributed by atoms with E-state index in [4.69, 9.17) is 0 Å². The SMILES string of the molecule is Cc1csc([C@@H](C)NC(=O)NCCc2cc(F)ccc2F)n1. The van der Waals surface area contributed by atoms with Crippen LogP contribution in [0.1, 0.15) is 29.2 Å². The summed E-state index contributed by atoms with van der Waals surface area (Å²) in [5, 5.41) is 8.11. The molecule has 7 heteroatoms. The van der Waals surface area contributed by atoms with Gasteiger partial charge in [0.1, 0.15) is 16.6 Å². The number of nitrogens with one attached hydrogen (secondary N) is 2. The highest BCUT2D eigenvalue weighted by Crippen LogP contribution is 2.17. The van der Waals surface area contributed by atoms with Crippen molar-refractivity contribution in [1.29, 1.82) is 0 Å². The van der Waals surface area contributed by atoms with Crippen molar-refractivity contribution in [3.8, 4) is 0 Å². The second kappa shape index (κ2) is 7.31. The first-order valence-electron chi connectivity index (χ1n) is 6.86. The number of amides is 2. The third kappa shape index (κ3) is 4.49. The summed E-state index contributed by atoms with van der Waals surface area (Å²) in [6.07, 6.45) is 0.224. The molecule has 2 aromatic rings. The van der Waals surface area contributed by atoms with Crippen LogP contribution in [-0.4, -0.2) is 17.6 Å². The molecule has 22 heavy (non-hydrogen) atoms. The Balaban J connectivity index is 1.79. The van der Waals surface area contributed by atoms with Gasteiger partial charge >= 0.3 is 6.03 Å². The molecule has 1 heterocycles. The van der Waals surface area contributed by atoms with E-state index in [1.165, 1.54) is 11.3 Å². The van der Waals surface area contributed by atoms with E-state index in [1.807, 2.05) is 19.2 Å². The van der Waals surface area contributed by atoms with Crippen LogP contribution in [0.4, 0.5) is 13.6 Å². The summed E-state index contributed by atoms with van der Waals surface area (Å²) >= 11 is 1.48. The molecule has 0 unspecified atom stereocenters. The molecule has 1 aromatic carbocycles. The third-order valence-electron chi connectivity index (χ3n) is 3.04. The van der Waals surface area contributed by atoms with Crippen molar-refractivity contribution >= 4 is 17.4 Å². The fourth-order valence-electron chi connectivity index (χ4n) is 1.93. The van der Waals surface area contributed by atoms with Gasteiger partial charge in [-0.1, -0.05) is 0 Å². The van der Waals surface area contributed by atoms with Crippen LogP contribution in [0.5, 0.6) is 0 Å². The minimum Gasteiger partial charge on any atom is -0.338 e. The molecule has 4 nitrogen and oxygen atoms in total. The minimum absolute atomic E-state index is 0.204. The number of hydrogen-bond acceptors (Lipinski definition) is 3. The molecule has 0 aliphatic heterocycles. The number of halogens is 2. The number of aryl methyl sites for hydroxylation is 1. The summed E-state index contributed by atoms with van der Waals surface area (Å²) < 4.78 is 26.4. The van der Waals surface area contributed by atoms with Crippen LogP contribution in [0.3, 0.4) is 0 Å². The number of benzene rings is 1. The molecule has 0 radical (unpaired) electrons. The van der Waals surface area contributed by atoms with Crippen LogP contribution in [0, 0.1) is 18.6 Å². The number of carbonyl (C=O) groups is 1. The number of hydrogen-bond donors (Lipinski definition) is 2. The summed E-state index contributed by atoms with van der Waals surface area (Å²) in [5.74, 6) is -0.969. The van der Waals surface area contributed by atoms with Crippen molar-refractivity contribution in [2.45, 2.75) is 26.3 Å². The number of carbonyl (C=O) groups excluding carboxylic acids is 1. The number of urea groups is 1. The van der Waals surface area contributed by atoms with Crippen molar-refractivity contribution in [3.63, 3.8) is 0 Å². The van der Waals surface area contributed by atoms with E-state index in [-0.39, 0.29) is 30.6 Å². The van der Waals surface area contributed by atoms with Gasteiger partial charge in [0.2, 0.25) is 0 Å². The van der Waals surface area contributed by atoms with Crippen molar-refractivity contribution < 1.29 is 13.6 Å². The van der Waals surface area contributed by atoms with Gasteiger partial charge < -0.3 is 10.6 Å². The predicted octanol–water partition coefficient (Wildman–Crippen LogP) is 3.33. The van der Waals surface area contributed by atoms with E-state index in [9.17, 15) is 13.6 Å². The Morgan fingerprint density at radius 2 is 2.18 bits per heavy atom. The van der Waals surface area contributed by atoms with Gasteiger partial charge in [-0.15, -0.1) is 11.3 Å². The molecule has 2 rings (SSSR count). The lowest BCUT2D eigenvalue weighted by Crippen LogP contribution is -2.38. The standard InChI is InChI=1S/C15H17F2N3OS/c1-9-8-22-14(19-9)10(2)20-15(21)18-6-5-11-7-12(16)3-4-13(11)17/h3-4,7-8,10H,5-6H2,1-2H3,(H2,18,20,21)/t10-/m1/s1. The van der Waals surface area contributed by atoms with Crippen molar-refractivity contribution in [2.24, 2.45) is 0 Å². The quantitative estimate of drug-likeness (QED) is 0.886. The Hall–Kier alpha value is -2.02. The smallest absolute Gasteiger partial charge is 0.315 e. The van der Waals surface area contributed by atoms with Crippen LogP contribution in [-0.2, 0) is 6.42 Å². The molecule has 2 amide bonds. The average Bonchev–Trinajstić information content (AvgIpc) is 2.89. The van der Waals surface area contributed by atoms with Gasteiger partial charge in [0, 0.05) is 17.6 Å². The zero-order valence-corrected chi connectivity index (χ0v) is 13.1. The Kier molecular flexibility index (Phi) is 5.43. The second-order valence-corrected chi connectivity index (χ2v) is 5.82. The predicted molar refractivity (Wildman–Crippen MR) is 81.9 cm³/mol. The molecule has 0 spiro atoms. The third-order valence-corrected chi connectivity index (χ3v) is 4.19. The maximum Gasteiger partial charge on any atom is 0.315 e. The molecular formula is C15H17F2N3OS. The van der Waals surface area contributed by atoms with Gasteiger partial charge in [0.05, 0.1) is 6.04 Å². The number of thiazole rings is 1. The van der Waals surface area contributed by atoms with Crippen LogP contribution in [0.2, 0.25) is 0 Å². The number of rotatable bonds is 5. The Bertz CT molecular complexity index is 660. The van der Waals surface area contributed by atoms with E-state index >= 15 is 0 Å². The molecule has 1 aromatic heterocycles. The zero-order valence-electron chi connectivity index (χ0n) is 12.3. The van der Waals surface area contributed by atoms with Crippen LogP contribution >= 0.6 is 11.3 Å². The first-order valence-corrected chi connectivity index (χ1v) is 7.74. The monoisotopic (exact) mass is 325 g/mol. The van der Waals surface area contributed by atoms with Gasteiger partial charge in [-0.2, -0.15) is 0 Å². The molecule has 118 valence electrons. The molecule has 0 fully saturated rings. The van der Waals surface area contributed by atoms with E-state index < -0.39 is 11.6 Å². The van der Waals surface area contributed by atoms with E-state index in [2.05, 4.69) is 15.6 Å². The minimum atomic E-state index is -0.492. The Labute approximate surface area is 131 Å². The Morgan fingerprint density at radius 3 is 2.86 bits per heavy atom. The normalized spacial score (nSPS) is 12.0. The van der Waals surface area contributed by atoms with Gasteiger partial charge in [-0.25, -0.2) is 18.6 Å². The van der Waals surface area contributed by atoms with Gasteiger partial charge in [-0.3, -0.25) is 0 Å². The van der Waals surface area contributed by atoms with Gasteiger partial charge in [0.25, 0.3) is 0 Å². The lowest BCUT2D eigenvalue weighted by Gasteiger charge is -2.12. The summed E-state index contributed by atoms with van der Waals surface area (Å²) in [6.45, 7) is 3.94. The molecule has 1 atom stereocenters. The molecule has 0 saturated heterocycles. The molecule has 0 saturated carbocycles. The lowest BCUT2D eigenvalue weighted by atomic mass is 10.1. The lowest BCUT2D eigenvalue weighted by molar-refractivity contribution is 0.238. The molecule has 2 N–H and O–H groups in total. The molecule has 0 aliphatic carbocycles. The number of aromatic nitrogens is 1. The number of nitrogens with zero attached hydrogens (tertiary/aromatic N) is 1. The summed E-state index contributed by atoms with van der Waals surface area (Å²) in [4.78, 5) is 16.1. The zero-order chi connectivity index (χ0) is 16.1. The van der Waals surface area contributed by atoms with Crippen molar-refractivity contribution in [2.75, 3.05) is 6.54 Å². The summed E-state index contributed by atoms with van der Waals surface area (Å²) in [6, 6.07) is 2.71. The van der Waals surface area contributed by atoms with Crippen LogP contribution < -0.4 is 10.6 Å². The maximum absolute atomic E-state index is 13.4. The van der Waals surface area contributed by atoms with E-state index in [0.29, 0.717) is 0 Å². The highest BCUT2D eigenvalue weighted by Gasteiger charge is 2.12. The fourth-order valence-corrected chi connectivity index (χ4v) is 2.73. The molecule has 0 bridgehead atoms. The fraction of sp³-hybridized carbons (Fsp3) is 0.333. The second-order valence-electron chi connectivity index (χ2n) is 4.93. The Morgan fingerprint density at radius 1 is 1.41 bits per heavy atom. The molecular weight excluding hydrogens is 308 g/mol. The van der Waals surface area contributed by atoms with Crippen molar-refractivity contribution in [3.05, 3.63) is 51.5 Å². The van der Waals surface area contributed by atoms with Crippen LogP contribution in [0.25, 0.3) is 0 Å². The largest absolute Gasteiger partial charge is 0.338 e. The first kappa shape index (κ1) is 16.4. The summed E-state index contributed by atoms with van der Waals surface area (Å²) in [7, 11) is 0. The first-order chi connectivity index (χ1) is 10.5. The highest BCUT2D eigenvalue weighted by atomic mass is 32.1.